The molecule has 3 N–H and O–H groups in total. The third-order valence-corrected chi connectivity index (χ3v) is 4.08. The predicted molar refractivity (Wildman–Crippen MR) is 113 cm³/mol. The molecule has 0 bridgehead atoms. The van der Waals surface area contributed by atoms with E-state index in [0.29, 0.717) is 41.7 Å². The molecule has 0 aliphatic heterocycles. The summed E-state index contributed by atoms with van der Waals surface area (Å²) in [6.45, 7) is 7.22. The van der Waals surface area contributed by atoms with E-state index in [1.165, 1.54) is 0 Å². The van der Waals surface area contributed by atoms with Crippen LogP contribution in [-0.2, 0) is 0 Å². The standard InChI is InChI=1S/C18H22ClN9/c1-4-20-16-23-17(21-5-2)25-18(24-16)26-22-11-14-12(3)27-28(15(14)19)13-9-7-6-8-10-13/h6-11H,4-5H2,1-3H3,(H3,20,21,23,24,25,26)/b22-11+. The van der Waals surface area contributed by atoms with Crippen LogP contribution < -0.4 is 16.1 Å². The molecule has 0 unspecified atom stereocenters. The lowest BCUT2D eigenvalue weighted by atomic mass is 10.3. The molecular formula is C18H22ClN9. The minimum Gasteiger partial charge on any atom is -0.354 e. The van der Waals surface area contributed by atoms with E-state index in [2.05, 4.69) is 41.2 Å². The summed E-state index contributed by atoms with van der Waals surface area (Å²) in [7, 11) is 0. The molecule has 0 radical (unpaired) electrons. The van der Waals surface area contributed by atoms with Crippen LogP contribution in [0.5, 0.6) is 0 Å². The van der Waals surface area contributed by atoms with Gasteiger partial charge in [0, 0.05) is 13.1 Å². The Bertz CT molecular complexity index is 929. The first-order chi connectivity index (χ1) is 13.6. The molecule has 0 saturated heterocycles. The molecule has 0 atom stereocenters. The summed E-state index contributed by atoms with van der Waals surface area (Å²) in [6, 6.07) is 9.68. The fourth-order valence-electron chi connectivity index (χ4n) is 2.45. The number of aryl methyl sites for hydroxylation is 1. The summed E-state index contributed by atoms with van der Waals surface area (Å²) in [5.41, 5.74) is 5.18. The molecule has 10 heteroatoms. The Balaban J connectivity index is 1.81. The quantitative estimate of drug-likeness (QED) is 0.394. The van der Waals surface area contributed by atoms with Gasteiger partial charge in [-0.15, -0.1) is 0 Å². The zero-order valence-electron chi connectivity index (χ0n) is 15.9. The largest absolute Gasteiger partial charge is 0.354 e. The van der Waals surface area contributed by atoms with E-state index in [-0.39, 0.29) is 0 Å². The number of anilines is 3. The highest BCUT2D eigenvalue weighted by Crippen LogP contribution is 2.22. The van der Waals surface area contributed by atoms with Crippen LogP contribution in [0.25, 0.3) is 5.69 Å². The van der Waals surface area contributed by atoms with Crippen LogP contribution in [0.2, 0.25) is 5.15 Å². The zero-order valence-corrected chi connectivity index (χ0v) is 16.7. The van der Waals surface area contributed by atoms with Crippen LogP contribution in [0, 0.1) is 6.92 Å². The summed E-state index contributed by atoms with van der Waals surface area (Å²) in [5, 5.41) is 15.3. The van der Waals surface area contributed by atoms with Gasteiger partial charge >= 0.3 is 0 Å². The van der Waals surface area contributed by atoms with Crippen molar-refractivity contribution < 1.29 is 0 Å². The van der Waals surface area contributed by atoms with E-state index in [9.17, 15) is 0 Å². The van der Waals surface area contributed by atoms with Crippen molar-refractivity contribution in [1.82, 2.24) is 24.7 Å². The van der Waals surface area contributed by atoms with Gasteiger partial charge in [-0.25, -0.2) is 10.1 Å². The number of para-hydroxylation sites is 1. The van der Waals surface area contributed by atoms with Crippen molar-refractivity contribution in [1.29, 1.82) is 0 Å². The molecule has 0 spiro atoms. The molecule has 0 fully saturated rings. The van der Waals surface area contributed by atoms with E-state index < -0.39 is 0 Å². The minimum absolute atomic E-state index is 0.322. The van der Waals surface area contributed by atoms with Gasteiger partial charge in [0.2, 0.25) is 17.8 Å². The Hall–Kier alpha value is -3.20. The van der Waals surface area contributed by atoms with Crippen molar-refractivity contribution in [2.75, 3.05) is 29.1 Å². The Labute approximate surface area is 168 Å². The van der Waals surface area contributed by atoms with Gasteiger partial charge in [0.05, 0.1) is 23.2 Å². The van der Waals surface area contributed by atoms with Gasteiger partial charge in [0.1, 0.15) is 5.15 Å². The lowest BCUT2D eigenvalue weighted by molar-refractivity contribution is 0.863. The van der Waals surface area contributed by atoms with E-state index >= 15 is 0 Å². The Kier molecular flexibility index (Phi) is 6.38. The van der Waals surface area contributed by atoms with Crippen LogP contribution in [0.4, 0.5) is 17.8 Å². The fraction of sp³-hybridized carbons (Fsp3) is 0.278. The molecule has 3 rings (SSSR count). The molecule has 9 nitrogen and oxygen atoms in total. The predicted octanol–water partition coefficient (Wildman–Crippen LogP) is 3.33. The number of rotatable bonds is 8. The van der Waals surface area contributed by atoms with Crippen LogP contribution in [-0.4, -0.2) is 44.0 Å². The van der Waals surface area contributed by atoms with E-state index in [1.807, 2.05) is 51.1 Å². The molecule has 2 aromatic heterocycles. The first kappa shape index (κ1) is 19.6. The zero-order chi connectivity index (χ0) is 19.9. The van der Waals surface area contributed by atoms with Gasteiger partial charge in [-0.2, -0.15) is 25.2 Å². The molecule has 146 valence electrons. The second kappa shape index (κ2) is 9.14. The summed E-state index contributed by atoms with van der Waals surface area (Å²) in [5.74, 6) is 1.26. The molecule has 0 saturated carbocycles. The Morgan fingerprint density at radius 2 is 1.61 bits per heavy atom. The number of benzene rings is 1. The number of nitrogens with zero attached hydrogens (tertiary/aromatic N) is 6. The number of hydrogen-bond acceptors (Lipinski definition) is 8. The van der Waals surface area contributed by atoms with Crippen molar-refractivity contribution in [2.45, 2.75) is 20.8 Å². The first-order valence-electron chi connectivity index (χ1n) is 8.95. The van der Waals surface area contributed by atoms with Crippen molar-refractivity contribution in [3.63, 3.8) is 0 Å². The van der Waals surface area contributed by atoms with Gasteiger partial charge in [0.15, 0.2) is 0 Å². The van der Waals surface area contributed by atoms with Gasteiger partial charge in [-0.1, -0.05) is 29.8 Å². The SMILES string of the molecule is CCNc1nc(NCC)nc(N/N=C/c2c(C)nn(-c3ccccc3)c2Cl)n1. The molecule has 0 aliphatic carbocycles. The van der Waals surface area contributed by atoms with Crippen molar-refractivity contribution in [3.8, 4) is 5.69 Å². The maximum absolute atomic E-state index is 6.50. The van der Waals surface area contributed by atoms with Gasteiger partial charge < -0.3 is 10.6 Å². The highest BCUT2D eigenvalue weighted by atomic mass is 35.5. The highest BCUT2D eigenvalue weighted by molar-refractivity contribution is 6.32. The average Bonchev–Trinajstić information content (AvgIpc) is 2.97. The van der Waals surface area contributed by atoms with Crippen molar-refractivity contribution in [3.05, 3.63) is 46.7 Å². The summed E-state index contributed by atoms with van der Waals surface area (Å²) >= 11 is 6.50. The van der Waals surface area contributed by atoms with Gasteiger partial charge in [-0.05, 0) is 32.9 Å². The number of halogens is 1. The third-order valence-electron chi connectivity index (χ3n) is 3.71. The Morgan fingerprint density at radius 1 is 1.00 bits per heavy atom. The molecular weight excluding hydrogens is 378 g/mol. The van der Waals surface area contributed by atoms with Crippen LogP contribution in [0.1, 0.15) is 25.1 Å². The van der Waals surface area contributed by atoms with Gasteiger partial charge in [0.25, 0.3) is 0 Å². The van der Waals surface area contributed by atoms with Crippen LogP contribution in [0.15, 0.2) is 35.4 Å². The Morgan fingerprint density at radius 3 is 2.21 bits per heavy atom. The molecule has 0 aliphatic rings. The number of hydrazone groups is 1. The van der Waals surface area contributed by atoms with Crippen molar-refractivity contribution >= 4 is 35.7 Å². The first-order valence-corrected chi connectivity index (χ1v) is 9.33. The monoisotopic (exact) mass is 399 g/mol. The van der Waals surface area contributed by atoms with E-state index in [0.717, 1.165) is 11.4 Å². The number of aromatic nitrogens is 5. The second-order valence-electron chi connectivity index (χ2n) is 5.77. The topological polar surface area (TPSA) is 105 Å². The summed E-state index contributed by atoms with van der Waals surface area (Å²) in [4.78, 5) is 12.8. The summed E-state index contributed by atoms with van der Waals surface area (Å²) in [6.07, 6.45) is 1.60. The highest BCUT2D eigenvalue weighted by Gasteiger charge is 2.13. The number of hydrogen-bond donors (Lipinski definition) is 3. The molecule has 28 heavy (non-hydrogen) atoms. The summed E-state index contributed by atoms with van der Waals surface area (Å²) < 4.78 is 1.67. The normalized spacial score (nSPS) is 11.0. The average molecular weight is 400 g/mol. The molecule has 3 aromatic rings. The third kappa shape index (κ3) is 4.55. The molecule has 1 aromatic carbocycles. The fourth-order valence-corrected chi connectivity index (χ4v) is 2.77. The second-order valence-corrected chi connectivity index (χ2v) is 6.13. The molecule has 0 amide bonds. The van der Waals surface area contributed by atoms with E-state index in [1.54, 1.807) is 10.9 Å². The number of nitrogens with one attached hydrogen (secondary N) is 3. The smallest absolute Gasteiger partial charge is 0.250 e. The lowest BCUT2D eigenvalue weighted by Gasteiger charge is -2.07. The van der Waals surface area contributed by atoms with Gasteiger partial charge in [-0.3, -0.25) is 0 Å². The molecule has 2 heterocycles. The minimum atomic E-state index is 0.322. The van der Waals surface area contributed by atoms with E-state index in [4.69, 9.17) is 11.6 Å². The van der Waals surface area contributed by atoms with Crippen LogP contribution in [0.3, 0.4) is 0 Å². The maximum Gasteiger partial charge on any atom is 0.250 e. The lowest BCUT2D eigenvalue weighted by Crippen LogP contribution is -2.10. The maximum atomic E-state index is 6.50. The van der Waals surface area contributed by atoms with Crippen molar-refractivity contribution in [2.24, 2.45) is 5.10 Å². The van der Waals surface area contributed by atoms with Crippen LogP contribution >= 0.6 is 11.6 Å².